The van der Waals surface area contributed by atoms with Crippen LogP contribution in [0.2, 0.25) is 0 Å². The average molecular weight is 259 g/mol. The van der Waals surface area contributed by atoms with E-state index in [1.54, 1.807) is 0 Å². The molecule has 0 aliphatic heterocycles. The molecule has 1 aromatic carbocycles. The molecule has 0 radical (unpaired) electrons. The van der Waals surface area contributed by atoms with Gasteiger partial charge >= 0.3 is 0 Å². The van der Waals surface area contributed by atoms with Crippen molar-refractivity contribution in [3.8, 4) is 0 Å². The number of benzene rings is 1. The number of carbonyl (C=O) groups is 1. The van der Waals surface area contributed by atoms with E-state index in [0.717, 1.165) is 16.8 Å². The monoisotopic (exact) mass is 259 g/mol. The molecule has 0 bridgehead atoms. The molecule has 19 heavy (non-hydrogen) atoms. The minimum atomic E-state index is -0.305. The molecule has 100 valence electrons. The van der Waals surface area contributed by atoms with Crippen molar-refractivity contribution in [2.75, 3.05) is 11.9 Å². The van der Waals surface area contributed by atoms with Gasteiger partial charge in [-0.05, 0) is 37.1 Å². The molecule has 3 N–H and O–H groups in total. The van der Waals surface area contributed by atoms with Crippen molar-refractivity contribution >= 4 is 11.6 Å². The molecule has 5 nitrogen and oxygen atoms in total. The zero-order chi connectivity index (χ0) is 13.8. The summed E-state index contributed by atoms with van der Waals surface area (Å²) in [5.41, 5.74) is 8.34. The number of anilines is 1. The maximum Gasteiger partial charge on any atom is 0.293 e. The fourth-order valence-electron chi connectivity index (χ4n) is 1.89. The van der Waals surface area contributed by atoms with Gasteiger partial charge in [0.25, 0.3) is 5.91 Å². The van der Waals surface area contributed by atoms with Crippen LogP contribution in [-0.2, 0) is 6.42 Å². The summed E-state index contributed by atoms with van der Waals surface area (Å²) in [5, 5.41) is 2.79. The first-order valence-electron chi connectivity index (χ1n) is 6.13. The Bertz CT molecular complexity index is 570. The van der Waals surface area contributed by atoms with Gasteiger partial charge in [0.05, 0.1) is 6.20 Å². The number of hydrogen-bond donors (Lipinski definition) is 2. The van der Waals surface area contributed by atoms with Crippen molar-refractivity contribution in [1.82, 2.24) is 4.98 Å². The first kappa shape index (κ1) is 13.3. The highest BCUT2D eigenvalue weighted by Gasteiger charge is 2.12. The molecular formula is C14H17N3O2. The van der Waals surface area contributed by atoms with Crippen molar-refractivity contribution in [2.45, 2.75) is 20.3 Å². The second-order valence-electron chi connectivity index (χ2n) is 4.49. The fourth-order valence-corrected chi connectivity index (χ4v) is 1.89. The lowest BCUT2D eigenvalue weighted by atomic mass is 10.1. The number of aryl methyl sites for hydroxylation is 2. The Labute approximate surface area is 111 Å². The first-order valence-corrected chi connectivity index (χ1v) is 6.13. The predicted molar refractivity (Wildman–Crippen MR) is 73.1 cm³/mol. The number of aromatic nitrogens is 1. The quantitative estimate of drug-likeness (QED) is 0.880. The number of rotatable bonds is 4. The number of carbonyl (C=O) groups excluding carboxylic acids is 1. The molecule has 0 aliphatic carbocycles. The Morgan fingerprint density at radius 2 is 2.00 bits per heavy atom. The Morgan fingerprint density at radius 3 is 2.63 bits per heavy atom. The number of oxazole rings is 1. The van der Waals surface area contributed by atoms with Crippen LogP contribution in [0.25, 0.3) is 0 Å². The molecule has 0 unspecified atom stereocenters. The van der Waals surface area contributed by atoms with E-state index in [9.17, 15) is 4.79 Å². The molecule has 0 saturated carbocycles. The standard InChI is InChI=1S/C14H17N3O2/c1-9-5-10(2)7-11(6-9)17-14(18)12-8-16-13(19-12)3-4-15/h5-8H,3-4,15H2,1-2H3,(H,17,18). The normalized spacial score (nSPS) is 10.5. The number of nitrogens with one attached hydrogen (secondary N) is 1. The van der Waals surface area contributed by atoms with Crippen LogP contribution in [0.3, 0.4) is 0 Å². The van der Waals surface area contributed by atoms with Crippen molar-refractivity contribution < 1.29 is 9.21 Å². The molecule has 0 saturated heterocycles. The molecule has 2 rings (SSSR count). The molecule has 0 aliphatic rings. The molecule has 1 heterocycles. The van der Waals surface area contributed by atoms with Crippen LogP contribution in [-0.4, -0.2) is 17.4 Å². The minimum absolute atomic E-state index is 0.197. The van der Waals surface area contributed by atoms with Crippen LogP contribution in [0.15, 0.2) is 28.8 Å². The number of amides is 1. The third kappa shape index (κ3) is 3.42. The molecular weight excluding hydrogens is 242 g/mol. The van der Waals surface area contributed by atoms with Gasteiger partial charge in [-0.25, -0.2) is 4.98 Å². The van der Waals surface area contributed by atoms with E-state index in [1.165, 1.54) is 6.20 Å². The van der Waals surface area contributed by atoms with E-state index in [4.69, 9.17) is 10.2 Å². The van der Waals surface area contributed by atoms with E-state index in [2.05, 4.69) is 10.3 Å². The zero-order valence-electron chi connectivity index (χ0n) is 11.1. The number of hydrogen-bond acceptors (Lipinski definition) is 4. The first-order chi connectivity index (χ1) is 9.08. The molecule has 1 aromatic heterocycles. The summed E-state index contributed by atoms with van der Waals surface area (Å²) in [6.45, 7) is 4.41. The topological polar surface area (TPSA) is 81.2 Å². The van der Waals surface area contributed by atoms with E-state index in [1.807, 2.05) is 32.0 Å². The van der Waals surface area contributed by atoms with Crippen LogP contribution < -0.4 is 11.1 Å². The summed E-state index contributed by atoms with van der Waals surface area (Å²) >= 11 is 0. The number of nitrogens with zero attached hydrogens (tertiary/aromatic N) is 1. The van der Waals surface area contributed by atoms with Crippen molar-refractivity contribution in [3.05, 3.63) is 47.2 Å². The van der Waals surface area contributed by atoms with Gasteiger partial charge < -0.3 is 15.5 Å². The van der Waals surface area contributed by atoms with Crippen LogP contribution in [0, 0.1) is 13.8 Å². The third-order valence-electron chi connectivity index (χ3n) is 2.62. The molecule has 0 atom stereocenters. The lowest BCUT2D eigenvalue weighted by Gasteiger charge is -2.05. The summed E-state index contributed by atoms with van der Waals surface area (Å²) in [4.78, 5) is 16.0. The van der Waals surface area contributed by atoms with Crippen molar-refractivity contribution in [3.63, 3.8) is 0 Å². The fraction of sp³-hybridized carbons (Fsp3) is 0.286. The summed E-state index contributed by atoms with van der Waals surface area (Å²) in [6.07, 6.45) is 1.94. The zero-order valence-corrected chi connectivity index (χ0v) is 11.1. The summed E-state index contributed by atoms with van der Waals surface area (Å²) < 4.78 is 5.32. The van der Waals surface area contributed by atoms with Crippen LogP contribution in [0.4, 0.5) is 5.69 Å². The van der Waals surface area contributed by atoms with Crippen LogP contribution >= 0.6 is 0 Å². The van der Waals surface area contributed by atoms with Gasteiger partial charge in [0, 0.05) is 18.7 Å². The SMILES string of the molecule is Cc1cc(C)cc(NC(=O)c2cnc(CCN)o2)c1. The third-order valence-corrected chi connectivity index (χ3v) is 2.62. The Morgan fingerprint density at radius 1 is 1.32 bits per heavy atom. The van der Waals surface area contributed by atoms with Gasteiger partial charge in [0.2, 0.25) is 5.76 Å². The van der Waals surface area contributed by atoms with Crippen molar-refractivity contribution in [1.29, 1.82) is 0 Å². The second kappa shape index (κ2) is 5.67. The average Bonchev–Trinajstić information content (AvgIpc) is 2.76. The van der Waals surface area contributed by atoms with Crippen LogP contribution in [0.1, 0.15) is 27.6 Å². The predicted octanol–water partition coefficient (Wildman–Crippen LogP) is 2.04. The lowest BCUT2D eigenvalue weighted by molar-refractivity contribution is 0.0995. The molecule has 2 aromatic rings. The molecule has 1 amide bonds. The molecule has 5 heteroatoms. The summed E-state index contributed by atoms with van der Waals surface area (Å²) in [5.74, 6) is 0.372. The van der Waals surface area contributed by atoms with E-state index in [0.29, 0.717) is 18.9 Å². The molecule has 0 spiro atoms. The van der Waals surface area contributed by atoms with Gasteiger partial charge in [0.1, 0.15) is 0 Å². The van der Waals surface area contributed by atoms with Gasteiger partial charge in [-0.2, -0.15) is 0 Å². The summed E-state index contributed by atoms with van der Waals surface area (Å²) in [6, 6.07) is 5.85. The van der Waals surface area contributed by atoms with Gasteiger partial charge in [-0.3, -0.25) is 4.79 Å². The Hall–Kier alpha value is -2.14. The lowest BCUT2D eigenvalue weighted by Crippen LogP contribution is -2.11. The maximum atomic E-state index is 12.0. The van der Waals surface area contributed by atoms with Gasteiger partial charge in [0.15, 0.2) is 5.89 Å². The molecule has 0 fully saturated rings. The largest absolute Gasteiger partial charge is 0.435 e. The van der Waals surface area contributed by atoms with E-state index in [-0.39, 0.29) is 11.7 Å². The highest BCUT2D eigenvalue weighted by atomic mass is 16.4. The van der Waals surface area contributed by atoms with Gasteiger partial charge in [-0.1, -0.05) is 6.07 Å². The Kier molecular flexibility index (Phi) is 3.97. The highest BCUT2D eigenvalue weighted by molar-refractivity contribution is 6.02. The van der Waals surface area contributed by atoms with E-state index >= 15 is 0 Å². The maximum absolute atomic E-state index is 12.0. The second-order valence-corrected chi connectivity index (χ2v) is 4.49. The van der Waals surface area contributed by atoms with E-state index < -0.39 is 0 Å². The van der Waals surface area contributed by atoms with Crippen LogP contribution in [0.5, 0.6) is 0 Å². The van der Waals surface area contributed by atoms with Crippen molar-refractivity contribution in [2.24, 2.45) is 5.73 Å². The highest BCUT2D eigenvalue weighted by Crippen LogP contribution is 2.15. The smallest absolute Gasteiger partial charge is 0.293 e. The minimum Gasteiger partial charge on any atom is -0.435 e. The van der Waals surface area contributed by atoms with Gasteiger partial charge in [-0.15, -0.1) is 0 Å². The summed E-state index contributed by atoms with van der Waals surface area (Å²) in [7, 11) is 0. The number of nitrogens with two attached hydrogens (primary N) is 1. The Balaban J connectivity index is 2.11.